The van der Waals surface area contributed by atoms with Crippen LogP contribution in [0, 0.1) is 0 Å². The number of nitrogens with one attached hydrogen (secondary N) is 1. The molecule has 35 heavy (non-hydrogen) atoms. The molecule has 0 saturated heterocycles. The van der Waals surface area contributed by atoms with E-state index in [1.165, 1.54) is 11.3 Å². The number of anilines is 1. The molecule has 0 bridgehead atoms. The molecule has 0 radical (unpaired) electrons. The number of aromatic nitrogens is 1. The second kappa shape index (κ2) is 9.91. The van der Waals surface area contributed by atoms with E-state index in [1.807, 2.05) is 68.4 Å². The smallest absolute Gasteiger partial charge is 0.341 e. The van der Waals surface area contributed by atoms with Gasteiger partial charge in [0.2, 0.25) is 0 Å². The summed E-state index contributed by atoms with van der Waals surface area (Å²) in [4.78, 5) is 32.7. The Labute approximate surface area is 216 Å². The average molecular weight is 549 g/mol. The van der Waals surface area contributed by atoms with Crippen molar-refractivity contribution < 1.29 is 14.3 Å². The minimum absolute atomic E-state index is 0.236. The summed E-state index contributed by atoms with van der Waals surface area (Å²) in [6.45, 7) is 3.67. The highest BCUT2D eigenvalue weighted by Gasteiger charge is 2.28. The number of hydrogen-bond acceptors (Lipinski definition) is 5. The highest BCUT2D eigenvalue weighted by atomic mass is 79.9. The SMILES string of the molecule is CC(C)OC(=O)c1c(NC(=O)c2cc(-c3ccccc3)nc3ccc(Br)cc23)sc2c1CCCC2. The normalized spacial score (nSPS) is 13.0. The van der Waals surface area contributed by atoms with Crippen molar-refractivity contribution in [2.75, 3.05) is 5.32 Å². The first-order valence-electron chi connectivity index (χ1n) is 11.7. The van der Waals surface area contributed by atoms with Crippen LogP contribution in [0.25, 0.3) is 22.2 Å². The van der Waals surface area contributed by atoms with Crippen molar-refractivity contribution in [3.05, 3.63) is 80.6 Å². The fourth-order valence-electron chi connectivity index (χ4n) is 4.46. The van der Waals surface area contributed by atoms with Crippen molar-refractivity contribution in [3.63, 3.8) is 0 Å². The molecule has 0 unspecified atom stereocenters. The first-order valence-corrected chi connectivity index (χ1v) is 13.3. The molecule has 1 aliphatic carbocycles. The van der Waals surface area contributed by atoms with Gasteiger partial charge >= 0.3 is 5.97 Å². The Morgan fingerprint density at radius 2 is 1.83 bits per heavy atom. The van der Waals surface area contributed by atoms with E-state index in [9.17, 15) is 9.59 Å². The minimum atomic E-state index is -0.373. The summed E-state index contributed by atoms with van der Waals surface area (Å²) < 4.78 is 6.41. The van der Waals surface area contributed by atoms with E-state index < -0.39 is 0 Å². The zero-order valence-corrected chi connectivity index (χ0v) is 22.0. The van der Waals surface area contributed by atoms with Crippen molar-refractivity contribution >= 4 is 55.0 Å². The summed E-state index contributed by atoms with van der Waals surface area (Å²) in [6.07, 6.45) is 3.63. The summed E-state index contributed by atoms with van der Waals surface area (Å²) in [7, 11) is 0. The molecule has 5 nitrogen and oxygen atoms in total. The van der Waals surface area contributed by atoms with Gasteiger partial charge in [0.05, 0.1) is 28.4 Å². The number of amides is 1. The number of nitrogens with zero attached hydrogens (tertiary/aromatic N) is 1. The molecule has 2 aromatic carbocycles. The predicted molar refractivity (Wildman–Crippen MR) is 144 cm³/mol. The van der Waals surface area contributed by atoms with Gasteiger partial charge in [-0.05, 0) is 69.4 Å². The van der Waals surface area contributed by atoms with E-state index >= 15 is 0 Å². The summed E-state index contributed by atoms with van der Waals surface area (Å²) in [5.41, 5.74) is 4.41. The molecule has 0 saturated carbocycles. The Balaban J connectivity index is 1.59. The molecule has 7 heteroatoms. The zero-order valence-electron chi connectivity index (χ0n) is 19.6. The van der Waals surface area contributed by atoms with Crippen LogP contribution < -0.4 is 5.32 Å². The van der Waals surface area contributed by atoms with E-state index in [-0.39, 0.29) is 18.0 Å². The predicted octanol–water partition coefficient (Wildman–Crippen LogP) is 7.42. The number of pyridine rings is 1. The second-order valence-electron chi connectivity index (χ2n) is 8.91. The average Bonchev–Trinajstić information content (AvgIpc) is 3.21. The standard InChI is InChI=1S/C28H25BrN2O3S/c1-16(2)34-28(33)25-19-10-6-7-11-24(19)35-27(25)31-26(32)21-15-23(17-8-4-3-5-9-17)30-22-13-12-18(29)14-20(21)22/h3-5,8-9,12-16H,6-7,10-11H2,1-2H3,(H,31,32). The maximum Gasteiger partial charge on any atom is 0.341 e. The molecule has 0 atom stereocenters. The molecular formula is C28H25BrN2O3S. The Morgan fingerprint density at radius 3 is 2.60 bits per heavy atom. The van der Waals surface area contributed by atoms with Gasteiger partial charge in [-0.3, -0.25) is 4.79 Å². The van der Waals surface area contributed by atoms with Crippen LogP contribution in [0.5, 0.6) is 0 Å². The number of benzene rings is 2. The monoisotopic (exact) mass is 548 g/mol. The number of hydrogen-bond donors (Lipinski definition) is 1. The number of fused-ring (bicyclic) bond motifs is 2. The van der Waals surface area contributed by atoms with Gasteiger partial charge in [0.15, 0.2) is 0 Å². The van der Waals surface area contributed by atoms with E-state index in [0.29, 0.717) is 16.1 Å². The lowest BCUT2D eigenvalue weighted by molar-refractivity contribution is 0.0378. The molecule has 2 heterocycles. The first kappa shape index (κ1) is 23.7. The van der Waals surface area contributed by atoms with Crippen molar-refractivity contribution in [1.29, 1.82) is 0 Å². The summed E-state index contributed by atoms with van der Waals surface area (Å²) in [5, 5.41) is 4.37. The molecule has 0 fully saturated rings. The molecule has 178 valence electrons. The van der Waals surface area contributed by atoms with Crippen molar-refractivity contribution in [2.24, 2.45) is 0 Å². The van der Waals surface area contributed by atoms with E-state index in [0.717, 1.165) is 62.8 Å². The lowest BCUT2D eigenvalue weighted by Crippen LogP contribution is -2.18. The fourth-order valence-corrected chi connectivity index (χ4v) is 6.09. The molecule has 5 rings (SSSR count). The number of carbonyl (C=O) groups is 2. The van der Waals surface area contributed by atoms with Crippen LogP contribution in [0.2, 0.25) is 0 Å². The highest BCUT2D eigenvalue weighted by molar-refractivity contribution is 9.10. The number of aryl methyl sites for hydroxylation is 1. The zero-order chi connectivity index (χ0) is 24.5. The maximum atomic E-state index is 13.7. The van der Waals surface area contributed by atoms with Crippen LogP contribution in [0.1, 0.15) is 57.8 Å². The lowest BCUT2D eigenvalue weighted by Gasteiger charge is -2.14. The quantitative estimate of drug-likeness (QED) is 0.263. The van der Waals surface area contributed by atoms with Gasteiger partial charge < -0.3 is 10.1 Å². The molecule has 1 aliphatic rings. The number of halogens is 1. The molecule has 2 aromatic heterocycles. The minimum Gasteiger partial charge on any atom is -0.459 e. The lowest BCUT2D eigenvalue weighted by atomic mass is 9.95. The van der Waals surface area contributed by atoms with Crippen molar-refractivity contribution in [1.82, 2.24) is 4.98 Å². The van der Waals surface area contributed by atoms with E-state index in [2.05, 4.69) is 21.2 Å². The van der Waals surface area contributed by atoms with E-state index in [4.69, 9.17) is 9.72 Å². The largest absolute Gasteiger partial charge is 0.459 e. The van der Waals surface area contributed by atoms with Gasteiger partial charge in [0.25, 0.3) is 5.91 Å². The third-order valence-electron chi connectivity index (χ3n) is 6.03. The third kappa shape index (κ3) is 4.88. The topological polar surface area (TPSA) is 68.3 Å². The number of rotatable bonds is 5. The Bertz CT molecular complexity index is 1430. The fraction of sp³-hybridized carbons (Fsp3) is 0.250. The van der Waals surface area contributed by atoms with Crippen LogP contribution in [0.3, 0.4) is 0 Å². The molecule has 0 aliphatic heterocycles. The van der Waals surface area contributed by atoms with Gasteiger partial charge in [-0.25, -0.2) is 9.78 Å². The highest BCUT2D eigenvalue weighted by Crippen LogP contribution is 2.39. The van der Waals surface area contributed by atoms with Crippen LogP contribution in [-0.4, -0.2) is 23.0 Å². The Kier molecular flexibility index (Phi) is 6.71. The van der Waals surface area contributed by atoms with Crippen LogP contribution in [0.15, 0.2) is 59.1 Å². The van der Waals surface area contributed by atoms with Crippen molar-refractivity contribution in [2.45, 2.75) is 45.6 Å². The Hall–Kier alpha value is -3.03. The number of esters is 1. The number of ether oxygens (including phenoxy) is 1. The van der Waals surface area contributed by atoms with Crippen molar-refractivity contribution in [3.8, 4) is 11.3 Å². The summed E-state index contributed by atoms with van der Waals surface area (Å²) >= 11 is 5.01. The van der Waals surface area contributed by atoms with Crippen LogP contribution in [0.4, 0.5) is 5.00 Å². The van der Waals surface area contributed by atoms with Gasteiger partial charge in [-0.1, -0.05) is 46.3 Å². The molecule has 1 amide bonds. The van der Waals surface area contributed by atoms with Crippen LogP contribution >= 0.6 is 27.3 Å². The van der Waals surface area contributed by atoms with E-state index in [1.54, 1.807) is 0 Å². The van der Waals surface area contributed by atoms with Gasteiger partial charge in [0.1, 0.15) is 5.00 Å². The number of thiophene rings is 1. The molecule has 1 N–H and O–H groups in total. The summed E-state index contributed by atoms with van der Waals surface area (Å²) in [5.74, 6) is -0.646. The molecule has 0 spiro atoms. The third-order valence-corrected chi connectivity index (χ3v) is 7.73. The summed E-state index contributed by atoms with van der Waals surface area (Å²) in [6, 6.07) is 17.3. The maximum absolute atomic E-state index is 13.7. The first-order chi connectivity index (χ1) is 16.9. The van der Waals surface area contributed by atoms with Gasteiger partial charge in [-0.2, -0.15) is 0 Å². The molecular weight excluding hydrogens is 524 g/mol. The number of carbonyl (C=O) groups excluding carboxylic acids is 2. The van der Waals surface area contributed by atoms with Gasteiger partial charge in [0, 0.05) is 20.3 Å². The van der Waals surface area contributed by atoms with Crippen LogP contribution in [-0.2, 0) is 17.6 Å². The molecule has 4 aromatic rings. The van der Waals surface area contributed by atoms with Gasteiger partial charge in [-0.15, -0.1) is 11.3 Å². The Morgan fingerprint density at radius 1 is 1.06 bits per heavy atom. The second-order valence-corrected chi connectivity index (χ2v) is 10.9.